The zero-order valence-corrected chi connectivity index (χ0v) is 31.4. The topological polar surface area (TPSA) is 114 Å². The maximum absolute atomic E-state index is 14.5. The van der Waals surface area contributed by atoms with Crippen LogP contribution in [0, 0.1) is 11.8 Å². The number of nitrogens with one attached hydrogen (secondary N) is 1. The Bertz CT molecular complexity index is 1920. The number of alkyl carbamates (subject to hydrolysis) is 1. The molecule has 4 atom stereocenters. The van der Waals surface area contributed by atoms with Gasteiger partial charge in [-0.05, 0) is 70.9 Å². The number of ether oxygens (including phenoxy) is 3. The molecule has 2 aliphatic carbocycles. The van der Waals surface area contributed by atoms with Gasteiger partial charge in [-0.1, -0.05) is 37.3 Å². The second-order valence-corrected chi connectivity index (χ2v) is 21.6. The summed E-state index contributed by atoms with van der Waals surface area (Å²) in [6.07, 6.45) is 4.36. The number of rotatable bonds is 10. The zero-order valence-electron chi connectivity index (χ0n) is 29.6. The molecule has 3 aromatic heterocycles. The lowest BCUT2D eigenvalue weighted by Crippen LogP contribution is -2.42. The van der Waals surface area contributed by atoms with E-state index in [9.17, 15) is 9.59 Å². The molecule has 0 radical (unpaired) electrons. The summed E-state index contributed by atoms with van der Waals surface area (Å²) >= 11 is 7.14. The summed E-state index contributed by atoms with van der Waals surface area (Å²) in [6.45, 7) is 16.1. The van der Waals surface area contributed by atoms with E-state index in [1.807, 2.05) is 57.6 Å². The number of hydrogen-bond acceptors (Lipinski definition) is 7. The highest BCUT2D eigenvalue weighted by molar-refractivity contribution is 6.76. The number of carbonyl (C=O) groups is 1. The molecule has 260 valence electrons. The molecule has 0 saturated heterocycles. The van der Waals surface area contributed by atoms with Gasteiger partial charge in [-0.25, -0.2) is 14.5 Å². The van der Waals surface area contributed by atoms with Gasteiger partial charge < -0.3 is 24.1 Å². The average molecular weight is 697 g/mol. The summed E-state index contributed by atoms with van der Waals surface area (Å²) in [5.41, 5.74) is 1.98. The summed E-state index contributed by atoms with van der Waals surface area (Å²) in [6, 6.07) is 4.83. The molecule has 1 unspecified atom stereocenters. The van der Waals surface area contributed by atoms with Crippen LogP contribution in [0.15, 0.2) is 23.1 Å². The Morgan fingerprint density at radius 3 is 2.56 bits per heavy atom. The van der Waals surface area contributed by atoms with Gasteiger partial charge in [0.2, 0.25) is 5.88 Å². The number of halogens is 1. The average Bonchev–Trinajstić information content (AvgIpc) is 3.75. The summed E-state index contributed by atoms with van der Waals surface area (Å²) < 4.78 is 23.0. The van der Waals surface area contributed by atoms with Crippen molar-refractivity contribution < 1.29 is 19.0 Å². The van der Waals surface area contributed by atoms with Crippen LogP contribution >= 0.6 is 11.6 Å². The standard InChI is InChI=1S/C35H49ClN6O5Si/c1-10-42-33(45-6)28-24(39-42)14-13-21(29(28)36)23-18-41(19-46-15-16-48(7,8)9)31-27(23)32(43)40(5)30(38-31)26-20-11-12-22(26)25(17-20)37-34(44)47-35(2,3)4/h13-14,18,20,22,25-26H,10-12,15-17,19H2,1-9H3,(H,37,44)/t20-,22+,25+,26?/m0/s1. The molecule has 6 rings (SSSR count). The highest BCUT2D eigenvalue weighted by atomic mass is 35.5. The van der Waals surface area contributed by atoms with Gasteiger partial charge in [-0.3, -0.25) is 9.36 Å². The molecule has 2 aliphatic rings. The van der Waals surface area contributed by atoms with Crippen molar-refractivity contribution in [3.05, 3.63) is 39.5 Å². The molecule has 3 heterocycles. The number of methoxy groups -OCH3 is 1. The lowest BCUT2D eigenvalue weighted by molar-refractivity contribution is 0.0486. The fourth-order valence-electron chi connectivity index (χ4n) is 7.62. The van der Waals surface area contributed by atoms with Crippen LogP contribution in [0.2, 0.25) is 30.7 Å². The van der Waals surface area contributed by atoms with E-state index in [1.54, 1.807) is 16.4 Å². The lowest BCUT2D eigenvalue weighted by Gasteiger charge is -2.26. The van der Waals surface area contributed by atoms with Crippen molar-refractivity contribution >= 4 is 47.7 Å². The van der Waals surface area contributed by atoms with Gasteiger partial charge in [-0.15, -0.1) is 0 Å². The minimum Gasteiger partial charge on any atom is -0.481 e. The minimum absolute atomic E-state index is 0.0343. The summed E-state index contributed by atoms with van der Waals surface area (Å²) in [5.74, 6) is 1.83. The molecule has 11 nitrogen and oxygen atoms in total. The fraction of sp³-hybridized carbons (Fsp3) is 0.600. The van der Waals surface area contributed by atoms with Gasteiger partial charge in [0.25, 0.3) is 5.56 Å². The zero-order chi connectivity index (χ0) is 34.7. The summed E-state index contributed by atoms with van der Waals surface area (Å²) in [4.78, 5) is 32.5. The minimum atomic E-state index is -1.30. The number of carbonyl (C=O) groups excluding carboxylic acids is 1. The maximum Gasteiger partial charge on any atom is 0.407 e. The van der Waals surface area contributed by atoms with Crippen molar-refractivity contribution in [2.75, 3.05) is 13.7 Å². The maximum atomic E-state index is 14.5. The fourth-order valence-corrected chi connectivity index (χ4v) is 8.72. The van der Waals surface area contributed by atoms with E-state index in [4.69, 9.17) is 30.8 Å². The van der Waals surface area contributed by atoms with E-state index in [2.05, 4.69) is 30.1 Å². The second kappa shape index (κ2) is 12.8. The molecule has 13 heteroatoms. The van der Waals surface area contributed by atoms with Crippen LogP contribution in [0.1, 0.15) is 58.7 Å². The molecule has 4 aromatic rings. The van der Waals surface area contributed by atoms with Crippen molar-refractivity contribution in [3.8, 4) is 17.0 Å². The number of benzene rings is 1. The van der Waals surface area contributed by atoms with Crippen molar-refractivity contribution in [1.82, 2.24) is 29.2 Å². The van der Waals surface area contributed by atoms with Gasteiger partial charge in [0.05, 0.1) is 28.4 Å². The molecule has 2 fully saturated rings. The molecule has 1 N–H and O–H groups in total. The third-order valence-corrected chi connectivity index (χ3v) is 11.9. The van der Waals surface area contributed by atoms with Crippen LogP contribution in [0.5, 0.6) is 5.88 Å². The van der Waals surface area contributed by atoms with Crippen molar-refractivity contribution in [2.24, 2.45) is 18.9 Å². The molecular weight excluding hydrogens is 648 g/mol. The van der Waals surface area contributed by atoms with Gasteiger partial charge in [0, 0.05) is 57.6 Å². The van der Waals surface area contributed by atoms with E-state index >= 15 is 0 Å². The van der Waals surface area contributed by atoms with Crippen LogP contribution in [0.25, 0.3) is 33.1 Å². The van der Waals surface area contributed by atoms with Crippen molar-refractivity contribution in [3.63, 3.8) is 0 Å². The first-order valence-corrected chi connectivity index (χ1v) is 21.1. The van der Waals surface area contributed by atoms with Crippen molar-refractivity contribution in [1.29, 1.82) is 0 Å². The normalized spacial score (nSPS) is 21.0. The van der Waals surface area contributed by atoms with Crippen molar-refractivity contribution in [2.45, 2.75) is 103 Å². The van der Waals surface area contributed by atoms with Crippen LogP contribution in [0.3, 0.4) is 0 Å². The second-order valence-electron chi connectivity index (χ2n) is 15.6. The number of amides is 1. The SMILES string of the molecule is CCn1nc2ccc(-c3cn(COCC[Si](C)(C)C)c4nc(C5[C@H]6CC[C@@H]5[C@H](NC(=O)OC(C)(C)C)C6)n(C)c(=O)c34)c(Cl)c2c1OC. The third kappa shape index (κ3) is 6.38. The Hall–Kier alpha value is -3.35. The van der Waals surface area contributed by atoms with Crippen LogP contribution in [-0.2, 0) is 29.8 Å². The monoisotopic (exact) mass is 696 g/mol. The van der Waals surface area contributed by atoms with Crippen LogP contribution in [-0.4, -0.2) is 63.4 Å². The molecule has 48 heavy (non-hydrogen) atoms. The quantitative estimate of drug-likeness (QED) is 0.138. The predicted octanol–water partition coefficient (Wildman–Crippen LogP) is 7.15. The summed E-state index contributed by atoms with van der Waals surface area (Å²) in [5, 5.41) is 9.45. The highest BCUT2D eigenvalue weighted by Crippen LogP contribution is 2.54. The van der Waals surface area contributed by atoms with Crippen LogP contribution in [0.4, 0.5) is 4.79 Å². The van der Waals surface area contributed by atoms with Gasteiger partial charge >= 0.3 is 6.09 Å². The first kappa shape index (κ1) is 34.5. The smallest absolute Gasteiger partial charge is 0.407 e. The number of hydrogen-bond donors (Lipinski definition) is 1. The Morgan fingerprint density at radius 1 is 1.15 bits per heavy atom. The number of aromatic nitrogens is 5. The third-order valence-electron chi connectivity index (χ3n) is 9.85. The molecule has 2 bridgehead atoms. The summed E-state index contributed by atoms with van der Waals surface area (Å²) in [7, 11) is 2.12. The Morgan fingerprint density at radius 2 is 1.90 bits per heavy atom. The number of nitrogens with zero attached hydrogens (tertiary/aromatic N) is 5. The molecule has 2 saturated carbocycles. The Balaban J connectivity index is 1.44. The first-order valence-electron chi connectivity index (χ1n) is 17.0. The van der Waals surface area contributed by atoms with Gasteiger partial charge in [0.15, 0.2) is 0 Å². The van der Waals surface area contributed by atoms with E-state index in [0.29, 0.717) is 57.5 Å². The highest BCUT2D eigenvalue weighted by Gasteiger charge is 2.51. The first-order chi connectivity index (χ1) is 22.6. The molecule has 1 amide bonds. The molecular formula is C35H49ClN6O5Si. The molecule has 1 aromatic carbocycles. The van der Waals surface area contributed by atoms with Gasteiger partial charge in [0.1, 0.15) is 23.8 Å². The van der Waals surface area contributed by atoms with E-state index < -0.39 is 19.8 Å². The predicted molar refractivity (Wildman–Crippen MR) is 192 cm³/mol. The number of aryl methyl sites for hydroxylation is 1. The Kier molecular flexibility index (Phi) is 9.23. The van der Waals surface area contributed by atoms with E-state index in [1.165, 1.54) is 0 Å². The Labute approximate surface area is 287 Å². The molecule has 0 spiro atoms. The largest absolute Gasteiger partial charge is 0.481 e. The number of fused-ring (bicyclic) bond motifs is 4. The van der Waals surface area contributed by atoms with E-state index in [0.717, 1.165) is 36.6 Å². The lowest BCUT2D eigenvalue weighted by atomic mass is 9.94. The van der Waals surface area contributed by atoms with Crippen LogP contribution < -0.4 is 15.6 Å². The van der Waals surface area contributed by atoms with E-state index in [-0.39, 0.29) is 30.2 Å². The molecule has 0 aliphatic heterocycles. The van der Waals surface area contributed by atoms with Gasteiger partial charge in [-0.2, -0.15) is 5.10 Å².